The highest BCUT2D eigenvalue weighted by molar-refractivity contribution is 6.22. The molecule has 2 aliphatic rings. The molecule has 0 heterocycles. The van der Waals surface area contributed by atoms with Gasteiger partial charge in [-0.2, -0.15) is 0 Å². The van der Waals surface area contributed by atoms with Crippen molar-refractivity contribution in [2.75, 3.05) is 0 Å². The van der Waals surface area contributed by atoms with Gasteiger partial charge in [0.05, 0.1) is 0 Å². The molecule has 0 aromatic carbocycles. The van der Waals surface area contributed by atoms with Crippen molar-refractivity contribution in [3.8, 4) is 0 Å². The SMILES string of the molecule is CCCCCCC1=CC(=O)C2=C(CCCC2)C1=O. The number of rotatable bonds is 5. The van der Waals surface area contributed by atoms with Crippen LogP contribution in [-0.2, 0) is 9.59 Å². The third-order valence-electron chi connectivity index (χ3n) is 3.94. The third-order valence-corrected chi connectivity index (χ3v) is 3.94. The van der Waals surface area contributed by atoms with Gasteiger partial charge in [0, 0.05) is 16.7 Å². The molecule has 2 heteroatoms. The average Bonchev–Trinajstić information content (AvgIpc) is 2.40. The fourth-order valence-electron chi connectivity index (χ4n) is 2.86. The molecule has 0 aliphatic heterocycles. The smallest absolute Gasteiger partial charge is 0.185 e. The van der Waals surface area contributed by atoms with Crippen molar-refractivity contribution < 1.29 is 9.59 Å². The average molecular weight is 246 g/mol. The molecule has 0 fully saturated rings. The van der Waals surface area contributed by atoms with Gasteiger partial charge in [-0.25, -0.2) is 0 Å². The van der Waals surface area contributed by atoms with Crippen molar-refractivity contribution in [2.45, 2.75) is 64.7 Å². The second-order valence-corrected chi connectivity index (χ2v) is 5.34. The zero-order valence-electron chi connectivity index (χ0n) is 11.3. The van der Waals surface area contributed by atoms with Crippen LogP contribution < -0.4 is 0 Å². The first kappa shape index (κ1) is 13.3. The summed E-state index contributed by atoms with van der Waals surface area (Å²) in [5.41, 5.74) is 2.40. The van der Waals surface area contributed by atoms with E-state index in [1.807, 2.05) is 0 Å². The lowest BCUT2D eigenvalue weighted by molar-refractivity contribution is -0.116. The number of hydrogen-bond donors (Lipinski definition) is 0. The Morgan fingerprint density at radius 3 is 2.44 bits per heavy atom. The van der Waals surface area contributed by atoms with E-state index in [4.69, 9.17) is 0 Å². The van der Waals surface area contributed by atoms with Gasteiger partial charge in [0.25, 0.3) is 0 Å². The molecule has 0 amide bonds. The van der Waals surface area contributed by atoms with E-state index in [9.17, 15) is 9.59 Å². The quantitative estimate of drug-likeness (QED) is 0.544. The summed E-state index contributed by atoms with van der Waals surface area (Å²) in [6, 6.07) is 0. The minimum atomic E-state index is 0.106. The van der Waals surface area contributed by atoms with Gasteiger partial charge in [0.15, 0.2) is 11.6 Å². The maximum atomic E-state index is 12.3. The van der Waals surface area contributed by atoms with Crippen LogP contribution in [0.1, 0.15) is 64.7 Å². The maximum Gasteiger partial charge on any atom is 0.185 e. The van der Waals surface area contributed by atoms with Gasteiger partial charge in [-0.1, -0.05) is 26.2 Å². The van der Waals surface area contributed by atoms with Crippen LogP contribution in [-0.4, -0.2) is 11.6 Å². The van der Waals surface area contributed by atoms with Gasteiger partial charge in [0.2, 0.25) is 0 Å². The Hall–Kier alpha value is -1.18. The van der Waals surface area contributed by atoms with Gasteiger partial charge in [-0.05, 0) is 44.6 Å². The van der Waals surface area contributed by atoms with Crippen molar-refractivity contribution in [2.24, 2.45) is 0 Å². The van der Waals surface area contributed by atoms with Crippen LogP contribution in [0.4, 0.5) is 0 Å². The third kappa shape index (κ3) is 2.80. The molecule has 2 rings (SSSR count). The molecule has 0 radical (unpaired) electrons. The summed E-state index contributed by atoms with van der Waals surface area (Å²) >= 11 is 0. The second-order valence-electron chi connectivity index (χ2n) is 5.34. The van der Waals surface area contributed by atoms with Gasteiger partial charge in [-0.3, -0.25) is 9.59 Å². The number of carbonyl (C=O) groups excluding carboxylic acids is 2. The van der Waals surface area contributed by atoms with Gasteiger partial charge in [0.1, 0.15) is 0 Å². The van der Waals surface area contributed by atoms with Gasteiger partial charge >= 0.3 is 0 Å². The molecule has 0 aromatic rings. The van der Waals surface area contributed by atoms with E-state index in [0.29, 0.717) is 0 Å². The Labute approximate surface area is 109 Å². The standard InChI is InChI=1S/C16H22O2/c1-2-3-4-5-8-12-11-15(17)13-9-6-7-10-14(13)16(12)18/h11H,2-10H2,1H3. The van der Waals surface area contributed by atoms with E-state index in [0.717, 1.165) is 61.7 Å². The fourth-order valence-corrected chi connectivity index (χ4v) is 2.86. The molecule has 98 valence electrons. The van der Waals surface area contributed by atoms with Crippen molar-refractivity contribution in [3.63, 3.8) is 0 Å². The molecule has 0 atom stereocenters. The van der Waals surface area contributed by atoms with Crippen LogP contribution in [0.15, 0.2) is 22.8 Å². The predicted octanol–water partition coefficient (Wildman–Crippen LogP) is 3.91. The zero-order chi connectivity index (χ0) is 13.0. The van der Waals surface area contributed by atoms with E-state index in [2.05, 4.69) is 6.92 Å². The van der Waals surface area contributed by atoms with E-state index in [1.54, 1.807) is 6.08 Å². The van der Waals surface area contributed by atoms with E-state index < -0.39 is 0 Å². The molecule has 0 N–H and O–H groups in total. The Bertz CT molecular complexity index is 413. The first-order chi connectivity index (χ1) is 8.74. The van der Waals surface area contributed by atoms with Crippen LogP contribution in [0.2, 0.25) is 0 Å². The summed E-state index contributed by atoms with van der Waals surface area (Å²) in [5.74, 6) is 0.274. The number of ketones is 2. The minimum Gasteiger partial charge on any atom is -0.290 e. The van der Waals surface area contributed by atoms with E-state index in [-0.39, 0.29) is 11.6 Å². The molecule has 2 nitrogen and oxygen atoms in total. The number of Topliss-reactive ketones (excluding diaryl/α,β-unsaturated/α-hetero) is 1. The summed E-state index contributed by atoms with van der Waals surface area (Å²) in [7, 11) is 0. The Balaban J connectivity index is 2.01. The van der Waals surface area contributed by atoms with Crippen LogP contribution in [0.25, 0.3) is 0 Å². The highest BCUT2D eigenvalue weighted by Crippen LogP contribution is 2.32. The molecule has 0 aromatic heterocycles. The summed E-state index contributed by atoms with van der Waals surface area (Å²) < 4.78 is 0. The second kappa shape index (κ2) is 6.12. The van der Waals surface area contributed by atoms with Crippen molar-refractivity contribution in [1.82, 2.24) is 0 Å². The van der Waals surface area contributed by atoms with E-state index in [1.165, 1.54) is 12.8 Å². The van der Waals surface area contributed by atoms with Crippen LogP contribution >= 0.6 is 0 Å². The van der Waals surface area contributed by atoms with Gasteiger partial charge < -0.3 is 0 Å². The number of unbranched alkanes of at least 4 members (excludes halogenated alkanes) is 3. The lowest BCUT2D eigenvalue weighted by atomic mass is 9.80. The molecule has 0 spiro atoms. The van der Waals surface area contributed by atoms with Crippen LogP contribution in [0.5, 0.6) is 0 Å². The summed E-state index contributed by atoms with van der Waals surface area (Å²) in [6.45, 7) is 2.17. The molecule has 0 unspecified atom stereocenters. The van der Waals surface area contributed by atoms with Crippen molar-refractivity contribution in [3.05, 3.63) is 22.8 Å². The largest absolute Gasteiger partial charge is 0.290 e. The Morgan fingerprint density at radius 2 is 1.72 bits per heavy atom. The first-order valence-electron chi connectivity index (χ1n) is 7.25. The predicted molar refractivity (Wildman–Crippen MR) is 72.4 cm³/mol. The number of allylic oxidation sites excluding steroid dienone is 4. The van der Waals surface area contributed by atoms with Crippen molar-refractivity contribution in [1.29, 1.82) is 0 Å². The molecule has 2 aliphatic carbocycles. The molecular weight excluding hydrogens is 224 g/mol. The van der Waals surface area contributed by atoms with Gasteiger partial charge in [-0.15, -0.1) is 0 Å². The Morgan fingerprint density at radius 1 is 1.00 bits per heavy atom. The highest BCUT2D eigenvalue weighted by atomic mass is 16.1. The van der Waals surface area contributed by atoms with E-state index >= 15 is 0 Å². The molecule has 0 saturated heterocycles. The van der Waals surface area contributed by atoms with Crippen LogP contribution in [0.3, 0.4) is 0 Å². The minimum absolute atomic E-state index is 0.106. The van der Waals surface area contributed by atoms with Crippen LogP contribution in [0, 0.1) is 0 Å². The summed E-state index contributed by atoms with van der Waals surface area (Å²) in [4.78, 5) is 24.3. The number of carbonyl (C=O) groups is 2. The lowest BCUT2D eigenvalue weighted by Gasteiger charge is -2.22. The maximum absolute atomic E-state index is 12.3. The Kier molecular flexibility index (Phi) is 4.51. The molecule has 0 bridgehead atoms. The topological polar surface area (TPSA) is 34.1 Å². The molecule has 0 saturated carbocycles. The summed E-state index contributed by atoms with van der Waals surface area (Å²) in [6.07, 6.45) is 10.7. The lowest BCUT2D eigenvalue weighted by Crippen LogP contribution is -2.21. The molecule has 18 heavy (non-hydrogen) atoms. The summed E-state index contributed by atoms with van der Waals surface area (Å²) in [5, 5.41) is 0. The monoisotopic (exact) mass is 246 g/mol. The highest BCUT2D eigenvalue weighted by Gasteiger charge is 2.29. The zero-order valence-corrected chi connectivity index (χ0v) is 11.3. The fraction of sp³-hybridized carbons (Fsp3) is 0.625. The first-order valence-corrected chi connectivity index (χ1v) is 7.25. The molecular formula is C16H22O2. The number of hydrogen-bond acceptors (Lipinski definition) is 2. The van der Waals surface area contributed by atoms with Crippen molar-refractivity contribution >= 4 is 11.6 Å². The normalized spacial score (nSPS) is 19.9.